The summed E-state index contributed by atoms with van der Waals surface area (Å²) in [6, 6.07) is 12.0. The van der Waals surface area contributed by atoms with Gasteiger partial charge in [-0.15, -0.1) is 24.2 Å². The summed E-state index contributed by atoms with van der Waals surface area (Å²) in [6.07, 6.45) is 1.89. The van der Waals surface area contributed by atoms with Crippen molar-refractivity contribution >= 4 is 78.2 Å². The van der Waals surface area contributed by atoms with Crippen LogP contribution in [0.25, 0.3) is 10.2 Å². The van der Waals surface area contributed by atoms with Gasteiger partial charge in [0.2, 0.25) is 5.91 Å². The number of aromatic nitrogens is 1. The molecule has 1 amide bonds. The summed E-state index contributed by atoms with van der Waals surface area (Å²) in [5, 5.41) is 1.06. The van der Waals surface area contributed by atoms with Gasteiger partial charge in [-0.3, -0.25) is 14.6 Å². The van der Waals surface area contributed by atoms with E-state index in [2.05, 4.69) is 11.0 Å². The number of nitrogens with zero attached hydrogens (tertiary/aromatic N) is 3. The molecule has 12 heteroatoms. The number of thiazole rings is 1. The van der Waals surface area contributed by atoms with Gasteiger partial charge in [0.25, 0.3) is 0 Å². The van der Waals surface area contributed by atoms with Crippen LogP contribution < -0.4 is 4.90 Å². The van der Waals surface area contributed by atoms with Gasteiger partial charge in [-0.25, -0.2) is 13.4 Å². The highest BCUT2D eigenvalue weighted by atomic mass is 35.5. The normalized spacial score (nSPS) is 14.6. The Morgan fingerprint density at radius 1 is 1.20 bits per heavy atom. The van der Waals surface area contributed by atoms with Crippen LogP contribution in [0.1, 0.15) is 6.42 Å². The second-order valence-electron chi connectivity index (χ2n) is 7.85. The summed E-state index contributed by atoms with van der Waals surface area (Å²) in [4.78, 5) is 23.2. The van der Waals surface area contributed by atoms with E-state index in [-0.39, 0.29) is 35.4 Å². The first-order valence-corrected chi connectivity index (χ1v) is 15.0. The molecule has 0 aliphatic carbocycles. The standard InChI is InChI=1S/C23H26ClN3O4S3.ClH/c1-32-18-4-7-20-21(16-18)33-23(25-20)27(10-9-26-11-13-31-14-12-26)22(28)8-15-34(29,30)19-5-2-17(24)3-6-19;/h2-7,16H,8-15H2,1H3;1H. The molecule has 0 radical (unpaired) electrons. The molecule has 1 aliphatic rings. The Bertz CT molecular complexity index is 1250. The number of carbonyl (C=O) groups is 1. The van der Waals surface area contributed by atoms with Crippen molar-refractivity contribution in [3.05, 3.63) is 47.5 Å². The Labute approximate surface area is 225 Å². The van der Waals surface area contributed by atoms with Gasteiger partial charge in [-0.05, 0) is 48.7 Å². The van der Waals surface area contributed by atoms with Crippen molar-refractivity contribution in [2.24, 2.45) is 0 Å². The Morgan fingerprint density at radius 3 is 2.60 bits per heavy atom. The smallest absolute Gasteiger partial charge is 0.229 e. The number of anilines is 1. The number of carbonyl (C=O) groups excluding carboxylic acids is 1. The second kappa shape index (κ2) is 12.7. The van der Waals surface area contributed by atoms with Crippen LogP contribution in [0.2, 0.25) is 5.02 Å². The van der Waals surface area contributed by atoms with E-state index in [4.69, 9.17) is 21.3 Å². The molecule has 1 aliphatic heterocycles. The van der Waals surface area contributed by atoms with E-state index in [1.807, 2.05) is 18.4 Å². The van der Waals surface area contributed by atoms with E-state index in [1.165, 1.54) is 35.6 Å². The van der Waals surface area contributed by atoms with Gasteiger partial charge in [0.15, 0.2) is 15.0 Å². The quantitative estimate of drug-likeness (QED) is 0.344. The van der Waals surface area contributed by atoms with Gasteiger partial charge in [0, 0.05) is 42.5 Å². The molecule has 1 saturated heterocycles. The molecule has 1 aromatic heterocycles. The zero-order valence-corrected chi connectivity index (χ0v) is 23.2. The van der Waals surface area contributed by atoms with Crippen molar-refractivity contribution < 1.29 is 17.9 Å². The Kier molecular flexibility index (Phi) is 10.2. The first-order valence-electron chi connectivity index (χ1n) is 10.9. The van der Waals surface area contributed by atoms with Crippen LogP contribution in [0.4, 0.5) is 5.13 Å². The number of hydrogen-bond acceptors (Lipinski definition) is 8. The lowest BCUT2D eigenvalue weighted by Crippen LogP contribution is -2.43. The molecule has 4 rings (SSSR count). The minimum Gasteiger partial charge on any atom is -0.379 e. The fourth-order valence-corrected chi connectivity index (χ4v) is 6.56. The number of benzene rings is 2. The number of ether oxygens (including phenoxy) is 1. The monoisotopic (exact) mass is 575 g/mol. The fraction of sp³-hybridized carbons (Fsp3) is 0.391. The van der Waals surface area contributed by atoms with E-state index in [1.54, 1.807) is 16.7 Å². The third-order valence-electron chi connectivity index (χ3n) is 5.62. The Morgan fingerprint density at radius 2 is 1.91 bits per heavy atom. The van der Waals surface area contributed by atoms with E-state index >= 15 is 0 Å². The molecule has 7 nitrogen and oxygen atoms in total. The summed E-state index contributed by atoms with van der Waals surface area (Å²) in [5.74, 6) is -0.529. The maximum atomic E-state index is 13.3. The average molecular weight is 577 g/mol. The van der Waals surface area contributed by atoms with Crippen molar-refractivity contribution in [3.8, 4) is 0 Å². The average Bonchev–Trinajstić information content (AvgIpc) is 3.26. The molecule has 0 saturated carbocycles. The zero-order valence-electron chi connectivity index (χ0n) is 19.2. The highest BCUT2D eigenvalue weighted by Gasteiger charge is 2.24. The van der Waals surface area contributed by atoms with E-state index in [0.29, 0.717) is 36.5 Å². The van der Waals surface area contributed by atoms with Crippen molar-refractivity contribution in [3.63, 3.8) is 0 Å². The number of hydrogen-bond donors (Lipinski definition) is 0. The topological polar surface area (TPSA) is 79.8 Å². The molecule has 1 fully saturated rings. The molecule has 190 valence electrons. The summed E-state index contributed by atoms with van der Waals surface area (Å²) >= 11 is 8.98. The zero-order chi connectivity index (χ0) is 24.1. The Hall–Kier alpha value is -1.40. The van der Waals surface area contributed by atoms with E-state index < -0.39 is 9.84 Å². The maximum absolute atomic E-state index is 13.3. The van der Waals surface area contributed by atoms with Crippen LogP contribution in [0.5, 0.6) is 0 Å². The molecule has 2 heterocycles. The van der Waals surface area contributed by atoms with Gasteiger partial charge in [0.05, 0.1) is 34.1 Å². The highest BCUT2D eigenvalue weighted by Crippen LogP contribution is 2.32. The van der Waals surface area contributed by atoms with E-state index in [9.17, 15) is 13.2 Å². The number of rotatable bonds is 9. The number of fused-ring (bicyclic) bond motifs is 1. The molecule has 0 unspecified atom stereocenters. The Balaban J connectivity index is 0.00000342. The lowest BCUT2D eigenvalue weighted by Gasteiger charge is -2.29. The first kappa shape index (κ1) is 28.2. The van der Waals surface area contributed by atoms with Crippen molar-refractivity contribution in [2.45, 2.75) is 16.2 Å². The molecule has 35 heavy (non-hydrogen) atoms. The van der Waals surface area contributed by atoms with Crippen molar-refractivity contribution in [2.75, 3.05) is 56.3 Å². The third kappa shape index (κ3) is 7.31. The predicted octanol–water partition coefficient (Wildman–Crippen LogP) is 4.62. The molecule has 0 bridgehead atoms. The number of thioether (sulfide) groups is 1. The van der Waals surface area contributed by atoms with Gasteiger partial charge < -0.3 is 4.74 Å². The second-order valence-corrected chi connectivity index (χ2v) is 12.3. The van der Waals surface area contributed by atoms with Crippen LogP contribution in [-0.2, 0) is 19.4 Å². The molecule has 3 aromatic rings. The summed E-state index contributed by atoms with van der Waals surface area (Å²) in [6.45, 7) is 4.08. The minimum atomic E-state index is -3.61. The largest absolute Gasteiger partial charge is 0.379 e. The number of morpholine rings is 1. The van der Waals surface area contributed by atoms with Gasteiger partial charge >= 0.3 is 0 Å². The molecule has 0 spiro atoms. The lowest BCUT2D eigenvalue weighted by atomic mass is 10.3. The maximum Gasteiger partial charge on any atom is 0.229 e. The molecular formula is C23H27Cl2N3O4S3. The molecular weight excluding hydrogens is 549 g/mol. The fourth-order valence-electron chi connectivity index (χ4n) is 3.64. The molecule has 0 N–H and O–H groups in total. The molecule has 0 atom stereocenters. The first-order chi connectivity index (χ1) is 16.4. The third-order valence-corrected chi connectivity index (χ3v) is 9.37. The highest BCUT2D eigenvalue weighted by molar-refractivity contribution is 7.98. The van der Waals surface area contributed by atoms with Crippen LogP contribution in [0, 0.1) is 0 Å². The van der Waals surface area contributed by atoms with Gasteiger partial charge in [-0.1, -0.05) is 22.9 Å². The van der Waals surface area contributed by atoms with Gasteiger partial charge in [0.1, 0.15) is 0 Å². The summed E-state index contributed by atoms with van der Waals surface area (Å²) < 4.78 is 32.0. The summed E-state index contributed by atoms with van der Waals surface area (Å²) in [7, 11) is -3.61. The minimum absolute atomic E-state index is 0. The summed E-state index contributed by atoms with van der Waals surface area (Å²) in [5.41, 5.74) is 0.829. The molecule has 2 aromatic carbocycles. The predicted molar refractivity (Wildman–Crippen MR) is 146 cm³/mol. The van der Waals surface area contributed by atoms with E-state index in [0.717, 1.165) is 28.2 Å². The van der Waals surface area contributed by atoms with Gasteiger partial charge in [-0.2, -0.15) is 0 Å². The van der Waals surface area contributed by atoms with Crippen LogP contribution in [0.3, 0.4) is 0 Å². The number of sulfone groups is 1. The number of halogens is 2. The van der Waals surface area contributed by atoms with Crippen LogP contribution in [0.15, 0.2) is 52.3 Å². The van der Waals surface area contributed by atoms with Crippen LogP contribution in [-0.4, -0.2) is 75.6 Å². The number of amides is 1. The lowest BCUT2D eigenvalue weighted by molar-refractivity contribution is -0.118. The van der Waals surface area contributed by atoms with Crippen molar-refractivity contribution in [1.29, 1.82) is 0 Å². The van der Waals surface area contributed by atoms with Crippen LogP contribution >= 0.6 is 47.1 Å². The van der Waals surface area contributed by atoms with Crippen molar-refractivity contribution in [1.82, 2.24) is 9.88 Å². The SMILES string of the molecule is CSc1ccc2nc(N(CCN3CCOCC3)C(=O)CCS(=O)(=O)c3ccc(Cl)cc3)sc2c1.Cl.